The summed E-state index contributed by atoms with van der Waals surface area (Å²) in [5, 5.41) is 5.23. The molecule has 1 heterocycles. The van der Waals surface area contributed by atoms with E-state index in [4.69, 9.17) is 0 Å². The van der Waals surface area contributed by atoms with Crippen molar-refractivity contribution in [1.29, 1.82) is 0 Å². The quantitative estimate of drug-likeness (QED) is 0.858. The Kier molecular flexibility index (Phi) is 3.93. The van der Waals surface area contributed by atoms with Gasteiger partial charge in [0.2, 0.25) is 5.91 Å². The van der Waals surface area contributed by atoms with Crippen LogP contribution in [0, 0.1) is 6.92 Å². The molecule has 0 aliphatic heterocycles. The van der Waals surface area contributed by atoms with Gasteiger partial charge in [0.1, 0.15) is 0 Å². The maximum absolute atomic E-state index is 11.6. The highest BCUT2D eigenvalue weighted by molar-refractivity contribution is 7.10. The van der Waals surface area contributed by atoms with Crippen LogP contribution in [-0.4, -0.2) is 11.9 Å². The summed E-state index contributed by atoms with van der Waals surface area (Å²) in [6.45, 7) is 5.70. The lowest BCUT2D eigenvalue weighted by atomic mass is 9.80. The number of benzene rings is 1. The van der Waals surface area contributed by atoms with E-state index in [-0.39, 0.29) is 11.9 Å². The molecule has 1 aliphatic rings. The molecule has 1 aliphatic carbocycles. The second-order valence-corrected chi connectivity index (χ2v) is 6.52. The third-order valence-electron chi connectivity index (χ3n) is 4.18. The van der Waals surface area contributed by atoms with E-state index >= 15 is 0 Å². The van der Waals surface area contributed by atoms with Gasteiger partial charge in [-0.3, -0.25) is 4.79 Å². The molecule has 1 amide bonds. The molecule has 0 saturated heterocycles. The van der Waals surface area contributed by atoms with Crippen molar-refractivity contribution < 1.29 is 4.79 Å². The van der Waals surface area contributed by atoms with Crippen LogP contribution < -0.4 is 5.32 Å². The van der Waals surface area contributed by atoms with Gasteiger partial charge in [-0.15, -0.1) is 11.3 Å². The summed E-state index contributed by atoms with van der Waals surface area (Å²) < 4.78 is 0. The second kappa shape index (κ2) is 5.86. The van der Waals surface area contributed by atoms with Gasteiger partial charge in [0.05, 0.1) is 0 Å². The van der Waals surface area contributed by atoms with E-state index < -0.39 is 0 Å². The summed E-state index contributed by atoms with van der Waals surface area (Å²) in [5.74, 6) is 0.298. The van der Waals surface area contributed by atoms with Crippen molar-refractivity contribution in [2.45, 2.75) is 31.7 Å². The van der Waals surface area contributed by atoms with E-state index in [1.165, 1.54) is 27.6 Å². The first-order chi connectivity index (χ1) is 10.2. The third kappa shape index (κ3) is 2.79. The van der Waals surface area contributed by atoms with Gasteiger partial charge in [0, 0.05) is 16.8 Å². The summed E-state index contributed by atoms with van der Waals surface area (Å²) in [6.07, 6.45) is 3.23. The molecule has 1 unspecified atom stereocenters. The van der Waals surface area contributed by atoms with E-state index in [0.717, 1.165) is 12.8 Å². The minimum Gasteiger partial charge on any atom is -0.349 e. The van der Waals surface area contributed by atoms with Crippen molar-refractivity contribution in [3.63, 3.8) is 0 Å². The lowest BCUT2D eigenvalue weighted by Crippen LogP contribution is -2.39. The molecular formula is C18H19NOS. The van der Waals surface area contributed by atoms with Gasteiger partial charge in [-0.05, 0) is 54.0 Å². The molecule has 21 heavy (non-hydrogen) atoms. The Bertz CT molecular complexity index is 673. The van der Waals surface area contributed by atoms with Crippen LogP contribution in [0.2, 0.25) is 0 Å². The van der Waals surface area contributed by atoms with Crippen LogP contribution in [0.15, 0.2) is 48.4 Å². The van der Waals surface area contributed by atoms with Gasteiger partial charge in [-0.25, -0.2) is 0 Å². The lowest BCUT2D eigenvalue weighted by Gasteiger charge is -2.31. The van der Waals surface area contributed by atoms with E-state index in [1.807, 2.05) is 11.3 Å². The number of hydrogen-bond acceptors (Lipinski definition) is 2. The van der Waals surface area contributed by atoms with Crippen molar-refractivity contribution >= 4 is 17.2 Å². The van der Waals surface area contributed by atoms with Crippen LogP contribution in [-0.2, 0) is 11.2 Å². The summed E-state index contributed by atoms with van der Waals surface area (Å²) >= 11 is 1.83. The van der Waals surface area contributed by atoms with Crippen molar-refractivity contribution in [2.24, 2.45) is 0 Å². The molecule has 1 N–H and O–H groups in total. The molecule has 2 atom stereocenters. The van der Waals surface area contributed by atoms with Crippen LogP contribution in [0.4, 0.5) is 0 Å². The number of hydrogen-bond donors (Lipinski definition) is 1. The predicted octanol–water partition coefficient (Wildman–Crippen LogP) is 3.81. The van der Waals surface area contributed by atoms with E-state index in [9.17, 15) is 4.79 Å². The minimum absolute atomic E-state index is 0.0813. The highest BCUT2D eigenvalue weighted by atomic mass is 32.1. The molecule has 3 rings (SSSR count). The smallest absolute Gasteiger partial charge is 0.243 e. The summed E-state index contributed by atoms with van der Waals surface area (Å²) in [6, 6.07) is 10.9. The number of aryl methyl sites for hydroxylation is 1. The van der Waals surface area contributed by atoms with Gasteiger partial charge < -0.3 is 5.32 Å². The molecule has 3 heteroatoms. The van der Waals surface area contributed by atoms with Crippen LogP contribution >= 0.6 is 11.3 Å². The summed E-state index contributed by atoms with van der Waals surface area (Å²) in [5.41, 5.74) is 4.06. The number of nitrogens with one attached hydrogen (secondary N) is 1. The number of carbonyl (C=O) groups excluding carboxylic acids is 1. The van der Waals surface area contributed by atoms with Crippen LogP contribution in [0.5, 0.6) is 0 Å². The van der Waals surface area contributed by atoms with Crippen LogP contribution in [0.1, 0.15) is 33.9 Å². The molecule has 0 radical (unpaired) electrons. The zero-order valence-electron chi connectivity index (χ0n) is 12.1. The Labute approximate surface area is 129 Å². The van der Waals surface area contributed by atoms with Crippen LogP contribution in [0.25, 0.3) is 0 Å². The fourth-order valence-electron chi connectivity index (χ4n) is 3.18. The van der Waals surface area contributed by atoms with Crippen LogP contribution in [0.3, 0.4) is 0 Å². The Balaban J connectivity index is 1.95. The second-order valence-electron chi connectivity index (χ2n) is 5.57. The fourth-order valence-corrected chi connectivity index (χ4v) is 4.25. The van der Waals surface area contributed by atoms with E-state index in [0.29, 0.717) is 5.92 Å². The number of amides is 1. The molecule has 0 saturated carbocycles. The molecule has 108 valence electrons. The summed E-state index contributed by atoms with van der Waals surface area (Å²) in [7, 11) is 0. The summed E-state index contributed by atoms with van der Waals surface area (Å²) in [4.78, 5) is 13.1. The lowest BCUT2D eigenvalue weighted by molar-refractivity contribution is -0.117. The van der Waals surface area contributed by atoms with Gasteiger partial charge >= 0.3 is 0 Å². The highest BCUT2D eigenvalue weighted by Crippen LogP contribution is 2.40. The zero-order valence-corrected chi connectivity index (χ0v) is 13.0. The van der Waals surface area contributed by atoms with Crippen molar-refractivity contribution in [3.8, 4) is 0 Å². The maximum atomic E-state index is 11.6. The fraction of sp³-hybridized carbons (Fsp3) is 0.278. The number of fused-ring (bicyclic) bond motifs is 1. The first-order valence-electron chi connectivity index (χ1n) is 7.23. The van der Waals surface area contributed by atoms with Gasteiger partial charge in [-0.2, -0.15) is 0 Å². The Morgan fingerprint density at radius 1 is 1.38 bits per heavy atom. The molecule has 2 aromatic rings. The molecule has 2 nitrogen and oxygen atoms in total. The molecule has 1 aromatic heterocycles. The average molecular weight is 297 g/mol. The third-order valence-corrected chi connectivity index (χ3v) is 5.25. The van der Waals surface area contributed by atoms with Crippen molar-refractivity contribution in [3.05, 3.63) is 69.9 Å². The Morgan fingerprint density at radius 2 is 2.19 bits per heavy atom. The number of thiophene rings is 1. The number of rotatable bonds is 3. The van der Waals surface area contributed by atoms with E-state index in [1.54, 1.807) is 0 Å². The normalized spacial score (nSPS) is 20.6. The predicted molar refractivity (Wildman–Crippen MR) is 87.8 cm³/mol. The topological polar surface area (TPSA) is 29.1 Å². The Hall–Kier alpha value is -1.87. The number of carbonyl (C=O) groups is 1. The first kappa shape index (κ1) is 14.1. The minimum atomic E-state index is -0.0813. The monoisotopic (exact) mass is 297 g/mol. The van der Waals surface area contributed by atoms with Gasteiger partial charge in [0.15, 0.2) is 0 Å². The van der Waals surface area contributed by atoms with Gasteiger partial charge in [0.25, 0.3) is 0 Å². The molecule has 0 fully saturated rings. The van der Waals surface area contributed by atoms with Crippen molar-refractivity contribution in [2.75, 3.05) is 0 Å². The molecule has 1 aromatic carbocycles. The average Bonchev–Trinajstić information content (AvgIpc) is 2.95. The van der Waals surface area contributed by atoms with Gasteiger partial charge in [-0.1, -0.05) is 30.8 Å². The molecule has 0 spiro atoms. The molecular weight excluding hydrogens is 278 g/mol. The highest BCUT2D eigenvalue weighted by Gasteiger charge is 2.30. The first-order valence-corrected chi connectivity index (χ1v) is 8.11. The standard InChI is InChI=1S/C18H19NOS/c1-3-17(20)19-14-10-13-8-9-21-18(13)16(11-14)15-7-5-4-6-12(15)2/h3-9,14,16H,1,10-11H2,2H3,(H,19,20)/t14-,16?/m0/s1. The van der Waals surface area contributed by atoms with E-state index in [2.05, 4.69) is 54.5 Å². The van der Waals surface area contributed by atoms with Crippen molar-refractivity contribution in [1.82, 2.24) is 5.32 Å². The largest absolute Gasteiger partial charge is 0.349 e. The zero-order chi connectivity index (χ0) is 14.8. The maximum Gasteiger partial charge on any atom is 0.243 e. The Morgan fingerprint density at radius 3 is 2.95 bits per heavy atom. The molecule has 0 bridgehead atoms. The SMILES string of the molecule is C=CC(=O)N[C@H]1Cc2ccsc2C(c2ccccc2C)C1.